The molecule has 0 atom stereocenters. The smallest absolute Gasteiger partial charge is 0.363 e. The minimum absolute atomic E-state index is 0.117. The summed E-state index contributed by atoms with van der Waals surface area (Å²) in [5.41, 5.74) is 1.33. The van der Waals surface area contributed by atoms with Gasteiger partial charge in [0.2, 0.25) is 5.90 Å². The molecule has 0 saturated heterocycles. The number of cyclic esters (lactones) is 1. The molecular formula is C20H14BrClINO5. The third-order valence-corrected chi connectivity index (χ3v) is 6.47. The number of hydrogen-bond donors (Lipinski definition) is 0. The zero-order valence-electron chi connectivity index (χ0n) is 15.3. The Bertz CT molecular complexity index is 1070. The Morgan fingerprint density at radius 3 is 2.76 bits per heavy atom. The summed E-state index contributed by atoms with van der Waals surface area (Å²) in [5.74, 6) is -0.405. The number of carbonyl (C=O) groups excluding carboxylic acids is 2. The van der Waals surface area contributed by atoms with E-state index in [0.29, 0.717) is 11.1 Å². The molecule has 2 aromatic rings. The normalized spacial score (nSPS) is 14.6. The van der Waals surface area contributed by atoms with Gasteiger partial charge in [0.1, 0.15) is 0 Å². The first-order chi connectivity index (χ1) is 13.8. The van der Waals surface area contributed by atoms with Crippen LogP contribution in [0.15, 0.2) is 45.5 Å². The van der Waals surface area contributed by atoms with Crippen molar-refractivity contribution >= 4 is 74.0 Å². The molecule has 0 saturated carbocycles. The summed E-state index contributed by atoms with van der Waals surface area (Å²) >= 11 is 11.9. The molecular weight excluding hydrogens is 576 g/mol. The molecule has 0 amide bonds. The second-order valence-electron chi connectivity index (χ2n) is 5.83. The van der Waals surface area contributed by atoms with Crippen LogP contribution >= 0.6 is 50.1 Å². The van der Waals surface area contributed by atoms with E-state index in [0.717, 1.165) is 8.04 Å². The number of methoxy groups -OCH3 is 1. The quantitative estimate of drug-likeness (QED) is 0.203. The van der Waals surface area contributed by atoms with Crippen molar-refractivity contribution in [1.82, 2.24) is 0 Å². The number of aliphatic imine (C=N–C) groups is 1. The van der Waals surface area contributed by atoms with Crippen LogP contribution in [0.3, 0.4) is 0 Å². The van der Waals surface area contributed by atoms with Gasteiger partial charge in [0, 0.05) is 20.0 Å². The van der Waals surface area contributed by atoms with Gasteiger partial charge in [0.15, 0.2) is 17.2 Å². The molecule has 9 heteroatoms. The molecule has 2 aromatic carbocycles. The largest absolute Gasteiger partial charge is 0.493 e. The lowest BCUT2D eigenvalue weighted by atomic mass is 10.1. The van der Waals surface area contributed by atoms with Crippen LogP contribution < -0.4 is 9.47 Å². The van der Waals surface area contributed by atoms with E-state index < -0.39 is 11.9 Å². The van der Waals surface area contributed by atoms with Crippen molar-refractivity contribution < 1.29 is 23.8 Å². The third kappa shape index (κ3) is 4.99. The first kappa shape index (κ1) is 21.8. The van der Waals surface area contributed by atoms with Gasteiger partial charge >= 0.3 is 11.9 Å². The standard InChI is InChI=1S/C20H14BrClINO5/c1-3-17(25)28-18-13(22)6-10(8-16(18)27-2)7-15-20(26)29-19(24-15)11-4-5-14(23)12(21)9-11/h4-9H,3H2,1-2H3/b15-7-. The van der Waals surface area contributed by atoms with Crippen LogP contribution in [0.1, 0.15) is 24.5 Å². The molecule has 150 valence electrons. The average molecular weight is 591 g/mol. The van der Waals surface area contributed by atoms with Gasteiger partial charge in [-0.1, -0.05) is 18.5 Å². The van der Waals surface area contributed by atoms with E-state index >= 15 is 0 Å². The molecule has 0 bridgehead atoms. The molecule has 0 radical (unpaired) electrons. The number of halogens is 3. The van der Waals surface area contributed by atoms with Crippen molar-refractivity contribution in [2.75, 3.05) is 7.11 Å². The minimum atomic E-state index is -0.578. The summed E-state index contributed by atoms with van der Waals surface area (Å²) < 4.78 is 17.7. The lowest BCUT2D eigenvalue weighted by molar-refractivity contribution is -0.134. The molecule has 0 N–H and O–H groups in total. The zero-order chi connectivity index (χ0) is 21.1. The number of nitrogens with zero attached hydrogens (tertiary/aromatic N) is 1. The maximum Gasteiger partial charge on any atom is 0.363 e. The summed E-state index contributed by atoms with van der Waals surface area (Å²) in [7, 11) is 1.43. The molecule has 1 aliphatic heterocycles. The van der Waals surface area contributed by atoms with Gasteiger partial charge in [0.25, 0.3) is 0 Å². The van der Waals surface area contributed by atoms with E-state index in [1.807, 2.05) is 18.2 Å². The molecule has 0 unspecified atom stereocenters. The van der Waals surface area contributed by atoms with Crippen molar-refractivity contribution in [3.05, 3.63) is 60.2 Å². The molecule has 29 heavy (non-hydrogen) atoms. The summed E-state index contributed by atoms with van der Waals surface area (Å²) in [5, 5.41) is 0.176. The lowest BCUT2D eigenvalue weighted by Crippen LogP contribution is -2.07. The van der Waals surface area contributed by atoms with Gasteiger partial charge in [0.05, 0.1) is 12.1 Å². The Hall–Kier alpha value is -1.91. The molecule has 0 aromatic heterocycles. The fourth-order valence-corrected chi connectivity index (χ4v) is 3.40. The fourth-order valence-electron chi connectivity index (χ4n) is 2.43. The highest BCUT2D eigenvalue weighted by atomic mass is 127. The van der Waals surface area contributed by atoms with Crippen molar-refractivity contribution in [2.45, 2.75) is 13.3 Å². The molecule has 0 spiro atoms. The van der Waals surface area contributed by atoms with E-state index in [9.17, 15) is 9.59 Å². The highest BCUT2D eigenvalue weighted by Crippen LogP contribution is 2.37. The molecule has 3 rings (SSSR count). The number of hydrogen-bond acceptors (Lipinski definition) is 6. The van der Waals surface area contributed by atoms with Gasteiger partial charge in [-0.15, -0.1) is 0 Å². The predicted octanol–water partition coefficient (Wildman–Crippen LogP) is 5.38. The maximum atomic E-state index is 12.3. The second-order valence-corrected chi connectivity index (χ2v) is 8.25. The summed E-state index contributed by atoms with van der Waals surface area (Å²) in [6.07, 6.45) is 1.72. The number of rotatable bonds is 5. The number of carbonyl (C=O) groups is 2. The Balaban J connectivity index is 1.95. The third-order valence-electron chi connectivity index (χ3n) is 3.85. The maximum absolute atomic E-state index is 12.3. The van der Waals surface area contributed by atoms with Crippen molar-refractivity contribution in [1.29, 1.82) is 0 Å². The van der Waals surface area contributed by atoms with Crippen molar-refractivity contribution in [3.8, 4) is 11.5 Å². The first-order valence-corrected chi connectivity index (χ1v) is 10.6. The van der Waals surface area contributed by atoms with Crippen LogP contribution in [0.4, 0.5) is 0 Å². The summed E-state index contributed by atoms with van der Waals surface area (Å²) in [6.45, 7) is 1.68. The van der Waals surface area contributed by atoms with Gasteiger partial charge in [-0.3, -0.25) is 4.79 Å². The summed E-state index contributed by atoms with van der Waals surface area (Å²) in [4.78, 5) is 28.1. The molecule has 1 heterocycles. The van der Waals surface area contributed by atoms with Crippen LogP contribution in [0.25, 0.3) is 6.08 Å². The van der Waals surface area contributed by atoms with Gasteiger partial charge in [-0.25, -0.2) is 9.79 Å². The molecule has 0 aliphatic carbocycles. The van der Waals surface area contributed by atoms with Gasteiger partial charge in [-0.05, 0) is 80.5 Å². The van der Waals surface area contributed by atoms with Gasteiger partial charge in [-0.2, -0.15) is 0 Å². The van der Waals surface area contributed by atoms with Crippen LogP contribution in [-0.4, -0.2) is 24.9 Å². The van der Waals surface area contributed by atoms with Crippen LogP contribution in [0.5, 0.6) is 11.5 Å². The SMILES string of the molecule is CCC(=O)Oc1c(Cl)cc(/C=C2\N=C(c3ccc(I)c(Br)c3)OC2=O)cc1OC. The van der Waals surface area contributed by atoms with E-state index in [2.05, 4.69) is 43.5 Å². The molecule has 0 fully saturated rings. The average Bonchev–Trinajstić information content (AvgIpc) is 3.05. The Kier molecular flexibility index (Phi) is 6.97. The highest BCUT2D eigenvalue weighted by molar-refractivity contribution is 14.1. The fraction of sp³-hybridized carbons (Fsp3) is 0.150. The summed E-state index contributed by atoms with van der Waals surface area (Å²) in [6, 6.07) is 8.68. The minimum Gasteiger partial charge on any atom is -0.493 e. The number of benzene rings is 2. The lowest BCUT2D eigenvalue weighted by Gasteiger charge is -2.11. The molecule has 6 nitrogen and oxygen atoms in total. The van der Waals surface area contributed by atoms with Crippen LogP contribution in [0, 0.1) is 3.57 Å². The second kappa shape index (κ2) is 9.27. The van der Waals surface area contributed by atoms with E-state index in [4.69, 9.17) is 25.8 Å². The van der Waals surface area contributed by atoms with Crippen molar-refractivity contribution in [2.24, 2.45) is 4.99 Å². The highest BCUT2D eigenvalue weighted by Gasteiger charge is 2.25. The zero-order valence-corrected chi connectivity index (χ0v) is 19.8. The number of ether oxygens (including phenoxy) is 3. The van der Waals surface area contributed by atoms with Crippen LogP contribution in [-0.2, 0) is 14.3 Å². The van der Waals surface area contributed by atoms with E-state index in [-0.39, 0.29) is 34.5 Å². The predicted molar refractivity (Wildman–Crippen MR) is 121 cm³/mol. The van der Waals surface area contributed by atoms with Crippen molar-refractivity contribution in [3.63, 3.8) is 0 Å². The van der Waals surface area contributed by atoms with E-state index in [1.54, 1.807) is 19.1 Å². The van der Waals surface area contributed by atoms with E-state index in [1.165, 1.54) is 13.2 Å². The number of esters is 2. The monoisotopic (exact) mass is 589 g/mol. The van der Waals surface area contributed by atoms with Gasteiger partial charge < -0.3 is 14.2 Å². The topological polar surface area (TPSA) is 74.2 Å². The Labute approximate surface area is 194 Å². The first-order valence-electron chi connectivity index (χ1n) is 8.38. The molecule has 1 aliphatic rings. The Morgan fingerprint density at radius 2 is 2.10 bits per heavy atom. The Morgan fingerprint density at radius 1 is 1.34 bits per heavy atom. The van der Waals surface area contributed by atoms with Crippen LogP contribution in [0.2, 0.25) is 5.02 Å².